The van der Waals surface area contributed by atoms with Crippen LogP contribution < -0.4 is 0 Å². The summed E-state index contributed by atoms with van der Waals surface area (Å²) in [5, 5.41) is 18.4. The third-order valence-corrected chi connectivity index (χ3v) is 3.69. The van der Waals surface area contributed by atoms with Crippen molar-refractivity contribution in [1.82, 2.24) is 0 Å². The number of rotatable bonds is 11. The molecule has 0 aromatic heterocycles. The minimum absolute atomic E-state index is 0.0896. The first-order valence-electron chi connectivity index (χ1n) is 8.40. The minimum atomic E-state index is -4.44. The number of hydrogen-bond acceptors (Lipinski definition) is 6. The first kappa shape index (κ1) is 23.4. The number of ether oxygens (including phenoxy) is 3. The summed E-state index contributed by atoms with van der Waals surface area (Å²) in [7, 11) is 0. The Morgan fingerprint density at radius 1 is 1.07 bits per heavy atom. The van der Waals surface area contributed by atoms with Gasteiger partial charge in [-0.2, -0.15) is 13.2 Å². The highest BCUT2D eigenvalue weighted by Crippen LogP contribution is 2.19. The average Bonchev–Trinajstić information content (AvgIpc) is 2.64. The molecule has 6 nitrogen and oxygen atoms in total. The number of esters is 1. The Kier molecular flexibility index (Phi) is 9.17. The van der Waals surface area contributed by atoms with Gasteiger partial charge in [-0.15, -0.1) is 0 Å². The van der Waals surface area contributed by atoms with Crippen molar-refractivity contribution in [3.8, 4) is 0 Å². The highest BCUT2D eigenvalue weighted by Gasteiger charge is 2.29. The van der Waals surface area contributed by atoms with Gasteiger partial charge >= 0.3 is 12.1 Å². The SMILES string of the molecule is CCOC(Cc1ccc(C(=O)OCC(C)(CO)CO)cc1)OCC(F)(F)F. The largest absolute Gasteiger partial charge is 0.461 e. The highest BCUT2D eigenvalue weighted by atomic mass is 19.4. The van der Waals surface area contributed by atoms with E-state index in [1.165, 1.54) is 12.1 Å². The van der Waals surface area contributed by atoms with Crippen LogP contribution in [0.1, 0.15) is 29.8 Å². The summed E-state index contributed by atoms with van der Waals surface area (Å²) in [6.45, 7) is 1.17. The number of benzene rings is 1. The van der Waals surface area contributed by atoms with Gasteiger partial charge in [-0.1, -0.05) is 19.1 Å². The van der Waals surface area contributed by atoms with E-state index in [2.05, 4.69) is 0 Å². The predicted octanol–water partition coefficient (Wildman–Crippen LogP) is 2.32. The number of hydrogen-bond donors (Lipinski definition) is 2. The Labute approximate surface area is 155 Å². The zero-order valence-corrected chi connectivity index (χ0v) is 15.3. The van der Waals surface area contributed by atoms with Gasteiger partial charge in [0.05, 0.1) is 18.8 Å². The van der Waals surface area contributed by atoms with Crippen molar-refractivity contribution in [1.29, 1.82) is 0 Å². The molecule has 0 saturated carbocycles. The van der Waals surface area contributed by atoms with E-state index in [9.17, 15) is 28.2 Å². The molecule has 0 bridgehead atoms. The van der Waals surface area contributed by atoms with E-state index < -0.39 is 30.5 Å². The van der Waals surface area contributed by atoms with Crippen molar-refractivity contribution in [3.63, 3.8) is 0 Å². The van der Waals surface area contributed by atoms with Crippen LogP contribution in [0.25, 0.3) is 0 Å². The lowest BCUT2D eigenvalue weighted by Gasteiger charge is -2.23. The molecule has 0 spiro atoms. The maximum atomic E-state index is 12.3. The van der Waals surface area contributed by atoms with Crippen LogP contribution in [-0.4, -0.2) is 61.7 Å². The average molecular weight is 394 g/mol. The molecule has 0 heterocycles. The van der Waals surface area contributed by atoms with Crippen LogP contribution in [-0.2, 0) is 20.6 Å². The van der Waals surface area contributed by atoms with E-state index in [-0.39, 0.29) is 38.4 Å². The highest BCUT2D eigenvalue weighted by molar-refractivity contribution is 5.89. The predicted molar refractivity (Wildman–Crippen MR) is 90.1 cm³/mol. The van der Waals surface area contributed by atoms with E-state index in [1.54, 1.807) is 26.0 Å². The molecule has 0 fully saturated rings. The molecule has 1 unspecified atom stereocenters. The summed E-state index contributed by atoms with van der Waals surface area (Å²) in [6, 6.07) is 6.08. The molecule has 27 heavy (non-hydrogen) atoms. The first-order valence-corrected chi connectivity index (χ1v) is 8.40. The van der Waals surface area contributed by atoms with Crippen LogP contribution in [0.5, 0.6) is 0 Å². The smallest absolute Gasteiger partial charge is 0.411 e. The summed E-state index contributed by atoms with van der Waals surface area (Å²) in [5.41, 5.74) is -0.0697. The van der Waals surface area contributed by atoms with Gasteiger partial charge in [0.2, 0.25) is 0 Å². The summed E-state index contributed by atoms with van der Waals surface area (Å²) in [4.78, 5) is 12.0. The van der Waals surface area contributed by atoms with Gasteiger partial charge < -0.3 is 24.4 Å². The third-order valence-electron chi connectivity index (χ3n) is 3.69. The second kappa shape index (κ2) is 10.6. The molecule has 1 aromatic rings. The van der Waals surface area contributed by atoms with Crippen LogP contribution in [0, 0.1) is 5.41 Å². The maximum Gasteiger partial charge on any atom is 0.411 e. The fourth-order valence-corrected chi connectivity index (χ4v) is 1.97. The Balaban J connectivity index is 2.64. The van der Waals surface area contributed by atoms with E-state index in [4.69, 9.17) is 14.2 Å². The van der Waals surface area contributed by atoms with Crippen molar-refractivity contribution in [3.05, 3.63) is 35.4 Å². The van der Waals surface area contributed by atoms with Crippen LogP contribution in [0.3, 0.4) is 0 Å². The van der Waals surface area contributed by atoms with E-state index in [0.717, 1.165) is 0 Å². The Bertz CT molecular complexity index is 569. The molecule has 9 heteroatoms. The third kappa shape index (κ3) is 8.70. The van der Waals surface area contributed by atoms with Crippen LogP contribution in [0.2, 0.25) is 0 Å². The summed E-state index contributed by atoms with van der Waals surface area (Å²) < 4.78 is 51.8. The lowest BCUT2D eigenvalue weighted by Crippen LogP contribution is -2.32. The molecule has 1 atom stereocenters. The second-order valence-electron chi connectivity index (χ2n) is 6.42. The molecule has 154 valence electrons. The molecule has 0 aliphatic rings. The van der Waals surface area contributed by atoms with Gasteiger partial charge in [0.15, 0.2) is 6.29 Å². The summed E-state index contributed by atoms with van der Waals surface area (Å²) in [6.07, 6.45) is -5.41. The van der Waals surface area contributed by atoms with Crippen molar-refractivity contribution >= 4 is 5.97 Å². The van der Waals surface area contributed by atoms with Crippen LogP contribution in [0.4, 0.5) is 13.2 Å². The number of carbonyl (C=O) groups is 1. The lowest BCUT2D eigenvalue weighted by atomic mass is 9.94. The standard InChI is InChI=1S/C18H25F3O6/c1-3-25-15(26-12-18(19,20)21)8-13-4-6-14(7-5-13)16(24)27-11-17(2,9-22)10-23/h4-7,15,22-23H,3,8-12H2,1-2H3. The number of alkyl halides is 3. The van der Waals surface area contributed by atoms with Crippen molar-refractivity contribution in [2.75, 3.05) is 33.0 Å². The molecule has 0 radical (unpaired) electrons. The monoisotopic (exact) mass is 394 g/mol. The number of aliphatic hydroxyl groups excluding tert-OH is 2. The van der Waals surface area contributed by atoms with Crippen LogP contribution >= 0.6 is 0 Å². The zero-order valence-electron chi connectivity index (χ0n) is 15.3. The molecule has 0 aliphatic heterocycles. The number of carbonyl (C=O) groups excluding carboxylic acids is 1. The van der Waals surface area contributed by atoms with Crippen molar-refractivity contribution in [2.24, 2.45) is 5.41 Å². The fourth-order valence-electron chi connectivity index (χ4n) is 1.97. The summed E-state index contributed by atoms with van der Waals surface area (Å²) >= 11 is 0. The quantitative estimate of drug-likeness (QED) is 0.443. The molecule has 0 aliphatic carbocycles. The lowest BCUT2D eigenvalue weighted by molar-refractivity contribution is -0.227. The number of aliphatic hydroxyl groups is 2. The van der Waals surface area contributed by atoms with E-state index in [0.29, 0.717) is 5.56 Å². The van der Waals surface area contributed by atoms with Gasteiger partial charge in [-0.3, -0.25) is 0 Å². The van der Waals surface area contributed by atoms with Gasteiger partial charge in [0.25, 0.3) is 0 Å². The Morgan fingerprint density at radius 3 is 2.15 bits per heavy atom. The normalized spacial score (nSPS) is 13.4. The van der Waals surface area contributed by atoms with Gasteiger partial charge in [0.1, 0.15) is 13.2 Å². The molecule has 0 saturated heterocycles. The Hall–Kier alpha value is -1.68. The topological polar surface area (TPSA) is 85.2 Å². The van der Waals surface area contributed by atoms with Gasteiger partial charge in [-0.25, -0.2) is 4.79 Å². The van der Waals surface area contributed by atoms with Crippen LogP contribution in [0.15, 0.2) is 24.3 Å². The molecular weight excluding hydrogens is 369 g/mol. The van der Waals surface area contributed by atoms with Crippen molar-refractivity contribution < 1.29 is 42.4 Å². The first-order chi connectivity index (χ1) is 12.6. The molecular formula is C18H25F3O6. The molecule has 2 N–H and O–H groups in total. The van der Waals surface area contributed by atoms with E-state index in [1.807, 2.05) is 0 Å². The second-order valence-corrected chi connectivity index (χ2v) is 6.42. The Morgan fingerprint density at radius 2 is 1.67 bits per heavy atom. The number of halogens is 3. The molecule has 1 aromatic carbocycles. The van der Waals surface area contributed by atoms with Crippen molar-refractivity contribution in [2.45, 2.75) is 32.7 Å². The summed E-state index contributed by atoms with van der Waals surface area (Å²) in [5.74, 6) is -0.635. The van der Waals surface area contributed by atoms with E-state index >= 15 is 0 Å². The fraction of sp³-hybridized carbons (Fsp3) is 0.611. The molecule has 1 rings (SSSR count). The minimum Gasteiger partial charge on any atom is -0.461 e. The zero-order chi connectivity index (χ0) is 20.5. The van der Waals surface area contributed by atoms with Gasteiger partial charge in [0, 0.05) is 18.4 Å². The maximum absolute atomic E-state index is 12.3. The van der Waals surface area contributed by atoms with Gasteiger partial charge in [-0.05, 0) is 24.6 Å². The molecule has 0 amide bonds.